The Balaban J connectivity index is 2.75. The number of benzene rings is 2. The molecule has 0 aliphatic carbocycles. The minimum atomic E-state index is -5.27. The van der Waals surface area contributed by atoms with Gasteiger partial charge in [-0.15, -0.1) is 0 Å². The maximum atomic E-state index is 13.8. The maximum absolute atomic E-state index is 13.8. The van der Waals surface area contributed by atoms with Gasteiger partial charge in [0.1, 0.15) is 6.61 Å². The first-order valence-corrected chi connectivity index (χ1v) is 12.1. The lowest BCUT2D eigenvalue weighted by Gasteiger charge is -2.30. The topological polar surface area (TPSA) is 60.4 Å². The summed E-state index contributed by atoms with van der Waals surface area (Å²) in [5, 5.41) is 0. The third-order valence-electron chi connectivity index (χ3n) is 5.34. The van der Waals surface area contributed by atoms with E-state index in [1.807, 2.05) is 0 Å². The van der Waals surface area contributed by atoms with Gasteiger partial charge in [-0.2, -0.15) is 26.3 Å². The predicted molar refractivity (Wildman–Crippen MR) is 121 cm³/mol. The van der Waals surface area contributed by atoms with Crippen molar-refractivity contribution in [3.8, 4) is 0 Å². The van der Waals surface area contributed by atoms with Gasteiger partial charge in [-0.3, -0.25) is 4.79 Å². The molecule has 0 fully saturated rings. The number of carbonyl (C=O) groups excluding carboxylic acids is 1. The van der Waals surface area contributed by atoms with Gasteiger partial charge in [-0.25, -0.2) is 8.42 Å². The summed E-state index contributed by atoms with van der Waals surface area (Å²) in [4.78, 5) is 12.0. The second-order valence-corrected chi connectivity index (χ2v) is 10.1. The lowest BCUT2D eigenvalue weighted by molar-refractivity contribution is -0.148. The molecule has 4 nitrogen and oxygen atoms in total. The van der Waals surface area contributed by atoms with Crippen molar-refractivity contribution in [2.24, 2.45) is 0 Å². The Morgan fingerprint density at radius 1 is 0.833 bits per heavy atom. The van der Waals surface area contributed by atoms with E-state index in [9.17, 15) is 39.6 Å². The highest BCUT2D eigenvalue weighted by atomic mass is 32.2. The molecule has 0 saturated heterocycles. The number of halogens is 6. The predicted octanol–water partition coefficient (Wildman–Crippen LogP) is 6.91. The lowest BCUT2D eigenvalue weighted by atomic mass is 9.99. The molecule has 0 heterocycles. The minimum Gasteiger partial charge on any atom is -0.460 e. The van der Waals surface area contributed by atoms with Crippen LogP contribution < -0.4 is 0 Å². The highest BCUT2D eigenvalue weighted by molar-refractivity contribution is 7.93. The van der Waals surface area contributed by atoms with Crippen molar-refractivity contribution in [1.82, 2.24) is 0 Å². The Kier molecular flexibility index (Phi) is 9.17. The molecule has 0 aliphatic rings. The number of esters is 1. The highest BCUT2D eigenvalue weighted by Gasteiger charge is 2.52. The van der Waals surface area contributed by atoms with Crippen molar-refractivity contribution in [3.63, 3.8) is 0 Å². The Bertz CT molecular complexity index is 1170. The zero-order valence-electron chi connectivity index (χ0n) is 19.4. The molecule has 0 N–H and O–H groups in total. The standard InChI is InChI=1S/C25H24F6O4S/c1-3-5-12-23(13-6-4-2,22(32)35-17-18-10-8-7-9-11-18)36(33,34)21-15-19(24(26,27)28)14-20(16-21)25(29,30)31/h3-11,14-16H,12-13,17H2,1-2H3/b5-3-,6-4-. The first-order chi connectivity index (χ1) is 16.7. The van der Waals surface area contributed by atoms with Crippen LogP contribution in [0.1, 0.15) is 43.4 Å². The van der Waals surface area contributed by atoms with Crippen molar-refractivity contribution in [2.75, 3.05) is 0 Å². The van der Waals surface area contributed by atoms with Crippen LogP contribution in [0.2, 0.25) is 0 Å². The lowest BCUT2D eigenvalue weighted by Crippen LogP contribution is -2.47. The zero-order chi connectivity index (χ0) is 27.2. The fraction of sp³-hybridized carbons (Fsp3) is 0.320. The van der Waals surface area contributed by atoms with Gasteiger partial charge in [0.25, 0.3) is 0 Å². The second-order valence-electron chi connectivity index (χ2n) is 7.85. The molecule has 0 spiro atoms. The van der Waals surface area contributed by atoms with Crippen LogP contribution in [-0.2, 0) is 38.3 Å². The number of sulfone groups is 1. The van der Waals surface area contributed by atoms with E-state index in [1.165, 1.54) is 38.2 Å². The van der Waals surface area contributed by atoms with Crippen molar-refractivity contribution < 1.29 is 44.3 Å². The molecule has 11 heteroatoms. The molecule has 0 saturated carbocycles. The Hall–Kier alpha value is -3.08. The SMILES string of the molecule is C/C=C\CC(C/C=C\C)(C(=O)OCc1ccccc1)S(=O)(=O)c1cc(C(F)(F)F)cc(C(F)(F)F)c1. The van der Waals surface area contributed by atoms with Gasteiger partial charge in [0.2, 0.25) is 0 Å². The average Bonchev–Trinajstić information content (AvgIpc) is 2.82. The molecular weight excluding hydrogens is 510 g/mol. The van der Waals surface area contributed by atoms with E-state index < -0.39 is 61.8 Å². The van der Waals surface area contributed by atoms with Crippen LogP contribution in [0.25, 0.3) is 0 Å². The van der Waals surface area contributed by atoms with Crippen molar-refractivity contribution >= 4 is 15.8 Å². The number of alkyl halides is 6. The molecule has 2 aromatic carbocycles. The van der Waals surface area contributed by atoms with E-state index in [4.69, 9.17) is 4.74 Å². The van der Waals surface area contributed by atoms with Crippen LogP contribution in [0, 0.1) is 0 Å². The monoisotopic (exact) mass is 534 g/mol. The summed E-state index contributed by atoms with van der Waals surface area (Å²) in [7, 11) is -5.15. The quantitative estimate of drug-likeness (QED) is 0.199. The van der Waals surface area contributed by atoms with E-state index >= 15 is 0 Å². The number of rotatable bonds is 9. The van der Waals surface area contributed by atoms with E-state index in [0.717, 1.165) is 0 Å². The van der Waals surface area contributed by atoms with Crippen LogP contribution in [0.4, 0.5) is 26.3 Å². The van der Waals surface area contributed by atoms with Gasteiger partial charge in [0.05, 0.1) is 16.0 Å². The van der Waals surface area contributed by atoms with Crippen molar-refractivity contribution in [1.29, 1.82) is 0 Å². The zero-order valence-corrected chi connectivity index (χ0v) is 20.2. The smallest absolute Gasteiger partial charge is 0.416 e. The third-order valence-corrected chi connectivity index (χ3v) is 7.72. The molecule has 0 atom stereocenters. The summed E-state index contributed by atoms with van der Waals surface area (Å²) < 4.78 is 111. The van der Waals surface area contributed by atoms with Crippen LogP contribution in [0.3, 0.4) is 0 Å². The number of ether oxygens (including phenoxy) is 1. The molecule has 0 bridgehead atoms. The summed E-state index contributed by atoms with van der Waals surface area (Å²) in [6.45, 7) is 2.70. The average molecular weight is 535 g/mol. The molecule has 0 aliphatic heterocycles. The minimum absolute atomic E-state index is 0.106. The van der Waals surface area contributed by atoms with E-state index in [0.29, 0.717) is 5.56 Å². The highest BCUT2D eigenvalue weighted by Crippen LogP contribution is 2.41. The number of hydrogen-bond donors (Lipinski definition) is 0. The fourth-order valence-electron chi connectivity index (χ4n) is 3.36. The molecular formula is C25H24F6O4S. The Morgan fingerprint density at radius 2 is 1.31 bits per heavy atom. The van der Waals surface area contributed by atoms with E-state index in [-0.39, 0.29) is 24.8 Å². The van der Waals surface area contributed by atoms with Gasteiger partial charge < -0.3 is 4.74 Å². The summed E-state index contributed by atoms with van der Waals surface area (Å²) in [5.41, 5.74) is -3.10. The molecule has 2 aromatic rings. The van der Waals surface area contributed by atoms with Crippen molar-refractivity contribution in [3.05, 3.63) is 89.5 Å². The Labute approximate surface area is 205 Å². The normalized spacial score (nSPS) is 13.4. The van der Waals surface area contributed by atoms with E-state index in [2.05, 4.69) is 0 Å². The first-order valence-electron chi connectivity index (χ1n) is 10.7. The van der Waals surface area contributed by atoms with Crippen LogP contribution >= 0.6 is 0 Å². The van der Waals surface area contributed by atoms with Crippen LogP contribution in [0.15, 0.2) is 77.7 Å². The van der Waals surface area contributed by atoms with E-state index in [1.54, 1.807) is 30.3 Å². The maximum Gasteiger partial charge on any atom is 0.416 e. The van der Waals surface area contributed by atoms with Crippen molar-refractivity contribution in [2.45, 2.75) is 55.3 Å². The largest absolute Gasteiger partial charge is 0.460 e. The van der Waals surface area contributed by atoms with Gasteiger partial charge in [-0.1, -0.05) is 54.6 Å². The fourth-order valence-corrected chi connectivity index (χ4v) is 5.28. The summed E-state index contributed by atoms with van der Waals surface area (Å²) in [6, 6.07) is 8.23. The number of hydrogen-bond acceptors (Lipinski definition) is 4. The van der Waals surface area contributed by atoms with Crippen LogP contribution in [0.5, 0.6) is 0 Å². The summed E-state index contributed by atoms with van der Waals surface area (Å²) in [5.74, 6) is -1.30. The van der Waals surface area contributed by atoms with Gasteiger partial charge in [0, 0.05) is 0 Å². The molecule has 0 amide bonds. The molecule has 2 rings (SSSR count). The molecule has 0 unspecified atom stereocenters. The Morgan fingerprint density at radius 3 is 1.72 bits per heavy atom. The molecule has 36 heavy (non-hydrogen) atoms. The number of carbonyl (C=O) groups is 1. The molecule has 196 valence electrons. The number of allylic oxidation sites excluding steroid dienone is 4. The summed E-state index contributed by atoms with van der Waals surface area (Å²) >= 11 is 0. The molecule has 0 aromatic heterocycles. The van der Waals surface area contributed by atoms with Gasteiger partial charge in [-0.05, 0) is 50.5 Å². The van der Waals surface area contributed by atoms with Gasteiger partial charge in [0.15, 0.2) is 14.6 Å². The first kappa shape index (κ1) is 29.2. The summed E-state index contributed by atoms with van der Waals surface area (Å²) in [6.07, 6.45) is -6.20. The molecule has 0 radical (unpaired) electrons. The van der Waals surface area contributed by atoms with Gasteiger partial charge >= 0.3 is 18.3 Å². The second kappa shape index (κ2) is 11.3. The van der Waals surface area contributed by atoms with Crippen LogP contribution in [-0.4, -0.2) is 19.1 Å². The third kappa shape index (κ3) is 6.57.